The van der Waals surface area contributed by atoms with Crippen molar-refractivity contribution in [3.8, 4) is 0 Å². The van der Waals surface area contributed by atoms with E-state index < -0.39 is 5.97 Å². The van der Waals surface area contributed by atoms with Gasteiger partial charge in [0, 0.05) is 24.4 Å². The SMILES string of the molecule is CC(Cc1cncn1C1CCCCC1)C(=O)O. The molecule has 1 N–H and O–H groups in total. The highest BCUT2D eigenvalue weighted by Gasteiger charge is 2.20. The quantitative estimate of drug-likeness (QED) is 0.874. The summed E-state index contributed by atoms with van der Waals surface area (Å²) in [4.78, 5) is 15.1. The van der Waals surface area contributed by atoms with Gasteiger partial charge in [0.15, 0.2) is 0 Å². The van der Waals surface area contributed by atoms with Crippen molar-refractivity contribution in [1.29, 1.82) is 0 Å². The minimum atomic E-state index is -0.735. The summed E-state index contributed by atoms with van der Waals surface area (Å²) in [5, 5.41) is 8.95. The van der Waals surface area contributed by atoms with Crippen molar-refractivity contribution in [3.63, 3.8) is 0 Å². The normalized spacial score (nSPS) is 19.1. The fourth-order valence-electron chi connectivity index (χ4n) is 2.58. The van der Waals surface area contributed by atoms with Gasteiger partial charge in [0.25, 0.3) is 0 Å². The van der Waals surface area contributed by atoms with E-state index in [4.69, 9.17) is 5.11 Å². The molecule has 1 fully saturated rings. The molecule has 94 valence electrons. The molecule has 4 nitrogen and oxygen atoms in total. The minimum absolute atomic E-state index is 0.339. The Hall–Kier alpha value is -1.32. The molecule has 1 aliphatic carbocycles. The Bertz CT molecular complexity index is 381. The van der Waals surface area contributed by atoms with E-state index in [0.717, 1.165) is 5.69 Å². The molecule has 0 aromatic carbocycles. The highest BCUT2D eigenvalue weighted by atomic mass is 16.4. The number of carboxylic acids is 1. The number of imidazole rings is 1. The lowest BCUT2D eigenvalue weighted by atomic mass is 9.94. The molecule has 1 aromatic heterocycles. The van der Waals surface area contributed by atoms with Crippen LogP contribution in [0.5, 0.6) is 0 Å². The third kappa shape index (κ3) is 2.87. The molecule has 0 amide bonds. The molecule has 0 spiro atoms. The summed E-state index contributed by atoms with van der Waals surface area (Å²) in [5.41, 5.74) is 1.06. The summed E-state index contributed by atoms with van der Waals surface area (Å²) in [7, 11) is 0. The predicted molar refractivity (Wildman–Crippen MR) is 64.9 cm³/mol. The van der Waals surface area contributed by atoms with Crippen LogP contribution >= 0.6 is 0 Å². The van der Waals surface area contributed by atoms with E-state index in [1.807, 2.05) is 12.5 Å². The predicted octanol–water partition coefficient (Wildman–Crippen LogP) is 2.65. The largest absolute Gasteiger partial charge is 0.481 e. The van der Waals surface area contributed by atoms with E-state index in [9.17, 15) is 4.79 Å². The molecule has 4 heteroatoms. The Morgan fingerprint density at radius 1 is 1.53 bits per heavy atom. The van der Waals surface area contributed by atoms with Crippen LogP contribution in [-0.4, -0.2) is 20.6 Å². The summed E-state index contributed by atoms with van der Waals surface area (Å²) in [5.74, 6) is -1.07. The third-order valence-corrected chi connectivity index (χ3v) is 3.65. The van der Waals surface area contributed by atoms with Crippen LogP contribution in [0.4, 0.5) is 0 Å². The van der Waals surface area contributed by atoms with Gasteiger partial charge >= 0.3 is 5.97 Å². The monoisotopic (exact) mass is 236 g/mol. The Morgan fingerprint density at radius 2 is 2.24 bits per heavy atom. The number of hydrogen-bond acceptors (Lipinski definition) is 2. The first-order valence-electron chi connectivity index (χ1n) is 6.42. The summed E-state index contributed by atoms with van der Waals surface area (Å²) in [6, 6.07) is 0.530. The summed E-state index contributed by atoms with van der Waals surface area (Å²) in [6.07, 6.45) is 10.5. The van der Waals surface area contributed by atoms with Crippen LogP contribution in [0.25, 0.3) is 0 Å². The molecule has 0 bridgehead atoms. The average Bonchev–Trinajstić information content (AvgIpc) is 2.78. The van der Waals surface area contributed by atoms with E-state index in [1.165, 1.54) is 32.1 Å². The van der Waals surface area contributed by atoms with Crippen LogP contribution in [0.15, 0.2) is 12.5 Å². The van der Waals surface area contributed by atoms with E-state index in [0.29, 0.717) is 12.5 Å². The maximum atomic E-state index is 10.9. The van der Waals surface area contributed by atoms with Crippen molar-refractivity contribution in [1.82, 2.24) is 9.55 Å². The number of nitrogens with zero attached hydrogens (tertiary/aromatic N) is 2. The number of aliphatic carboxylic acids is 1. The molecule has 0 aliphatic heterocycles. The molecule has 2 rings (SSSR count). The summed E-state index contributed by atoms with van der Waals surface area (Å²) < 4.78 is 2.19. The smallest absolute Gasteiger partial charge is 0.306 e. The van der Waals surface area contributed by atoms with Crippen LogP contribution in [0, 0.1) is 5.92 Å². The maximum Gasteiger partial charge on any atom is 0.306 e. The van der Waals surface area contributed by atoms with Gasteiger partial charge in [-0.2, -0.15) is 0 Å². The van der Waals surface area contributed by atoms with Gasteiger partial charge in [-0.05, 0) is 12.8 Å². The third-order valence-electron chi connectivity index (χ3n) is 3.65. The van der Waals surface area contributed by atoms with Crippen LogP contribution < -0.4 is 0 Å². The second-order valence-corrected chi connectivity index (χ2v) is 5.03. The first-order valence-corrected chi connectivity index (χ1v) is 6.42. The molecule has 1 saturated carbocycles. The first kappa shape index (κ1) is 12.1. The van der Waals surface area contributed by atoms with Crippen LogP contribution in [0.3, 0.4) is 0 Å². The van der Waals surface area contributed by atoms with Gasteiger partial charge in [-0.15, -0.1) is 0 Å². The molecule has 1 atom stereocenters. The molecule has 0 radical (unpaired) electrons. The lowest BCUT2D eigenvalue weighted by Crippen LogP contribution is -2.18. The molecular weight excluding hydrogens is 216 g/mol. The Balaban J connectivity index is 2.07. The summed E-state index contributed by atoms with van der Waals surface area (Å²) in [6.45, 7) is 1.75. The Labute approximate surface area is 102 Å². The second kappa shape index (κ2) is 5.34. The van der Waals surface area contributed by atoms with Crippen molar-refractivity contribution in [3.05, 3.63) is 18.2 Å². The zero-order chi connectivity index (χ0) is 12.3. The molecule has 17 heavy (non-hydrogen) atoms. The summed E-state index contributed by atoms with van der Waals surface area (Å²) >= 11 is 0. The lowest BCUT2D eigenvalue weighted by Gasteiger charge is -2.25. The van der Waals surface area contributed by atoms with E-state index >= 15 is 0 Å². The van der Waals surface area contributed by atoms with Crippen LogP contribution in [0.2, 0.25) is 0 Å². The zero-order valence-electron chi connectivity index (χ0n) is 10.3. The fraction of sp³-hybridized carbons (Fsp3) is 0.692. The van der Waals surface area contributed by atoms with Gasteiger partial charge in [-0.3, -0.25) is 4.79 Å². The van der Waals surface area contributed by atoms with Crippen molar-refractivity contribution in [2.24, 2.45) is 5.92 Å². The van der Waals surface area contributed by atoms with Crippen molar-refractivity contribution in [2.75, 3.05) is 0 Å². The van der Waals surface area contributed by atoms with Gasteiger partial charge in [-0.1, -0.05) is 26.2 Å². The van der Waals surface area contributed by atoms with E-state index in [2.05, 4.69) is 9.55 Å². The van der Waals surface area contributed by atoms with Crippen molar-refractivity contribution in [2.45, 2.75) is 51.5 Å². The van der Waals surface area contributed by atoms with Gasteiger partial charge in [0.2, 0.25) is 0 Å². The highest BCUT2D eigenvalue weighted by Crippen LogP contribution is 2.29. The molecular formula is C13H20N2O2. The van der Waals surface area contributed by atoms with Crippen molar-refractivity contribution >= 4 is 5.97 Å². The van der Waals surface area contributed by atoms with Crippen LogP contribution in [-0.2, 0) is 11.2 Å². The van der Waals surface area contributed by atoms with E-state index in [1.54, 1.807) is 6.92 Å². The van der Waals surface area contributed by atoms with Gasteiger partial charge in [0.1, 0.15) is 0 Å². The number of carboxylic acid groups (broad SMARTS) is 1. The van der Waals surface area contributed by atoms with Crippen molar-refractivity contribution < 1.29 is 9.90 Å². The number of rotatable bonds is 4. The van der Waals surface area contributed by atoms with Gasteiger partial charge < -0.3 is 9.67 Å². The van der Waals surface area contributed by atoms with E-state index in [-0.39, 0.29) is 5.92 Å². The highest BCUT2D eigenvalue weighted by molar-refractivity contribution is 5.69. The minimum Gasteiger partial charge on any atom is -0.481 e. The van der Waals surface area contributed by atoms with Gasteiger partial charge in [0.05, 0.1) is 12.2 Å². The first-order chi connectivity index (χ1) is 8.18. The molecule has 1 aliphatic rings. The topological polar surface area (TPSA) is 55.1 Å². The maximum absolute atomic E-state index is 10.9. The van der Waals surface area contributed by atoms with Gasteiger partial charge in [-0.25, -0.2) is 4.98 Å². The molecule has 1 aromatic rings. The molecule has 0 saturated heterocycles. The Morgan fingerprint density at radius 3 is 2.88 bits per heavy atom. The van der Waals surface area contributed by atoms with Crippen LogP contribution in [0.1, 0.15) is 50.8 Å². The Kier molecular flexibility index (Phi) is 3.82. The number of carbonyl (C=O) groups is 1. The zero-order valence-corrected chi connectivity index (χ0v) is 10.3. The lowest BCUT2D eigenvalue weighted by molar-refractivity contribution is -0.141. The molecule has 1 heterocycles. The second-order valence-electron chi connectivity index (χ2n) is 5.03. The fourth-order valence-corrected chi connectivity index (χ4v) is 2.58. The standard InChI is InChI=1S/C13H20N2O2/c1-10(13(16)17)7-12-8-14-9-15(12)11-5-3-2-4-6-11/h8-11H,2-7H2,1H3,(H,16,17). The average molecular weight is 236 g/mol. The number of hydrogen-bond donors (Lipinski definition) is 1. The number of aromatic nitrogens is 2. The molecule has 1 unspecified atom stereocenters.